The second kappa shape index (κ2) is 8.65. The molecule has 0 aliphatic carbocycles. The van der Waals surface area contributed by atoms with E-state index in [1.54, 1.807) is 14.0 Å². The quantitative estimate of drug-likeness (QED) is 0.723. The van der Waals surface area contributed by atoms with E-state index in [4.69, 9.17) is 15.2 Å². The van der Waals surface area contributed by atoms with E-state index in [2.05, 4.69) is 5.32 Å². The van der Waals surface area contributed by atoms with E-state index in [9.17, 15) is 4.79 Å². The summed E-state index contributed by atoms with van der Waals surface area (Å²) in [5.41, 5.74) is 7.92. The molecule has 1 unspecified atom stereocenters. The summed E-state index contributed by atoms with van der Waals surface area (Å²) in [7, 11) is 1.63. The highest BCUT2D eigenvalue weighted by Crippen LogP contribution is 2.22. The van der Waals surface area contributed by atoms with Gasteiger partial charge in [-0.2, -0.15) is 0 Å². The van der Waals surface area contributed by atoms with Crippen LogP contribution < -0.4 is 15.8 Å². The third-order valence-electron chi connectivity index (χ3n) is 4.05. The molecule has 0 aliphatic heterocycles. The molecule has 0 radical (unpaired) electrons. The predicted octanol–water partition coefficient (Wildman–Crippen LogP) is 2.51. The molecule has 0 bridgehead atoms. The summed E-state index contributed by atoms with van der Waals surface area (Å²) in [5, 5.41) is 2.91. The molecule has 2 aromatic carbocycles. The Morgan fingerprint density at radius 1 is 1.16 bits per heavy atom. The van der Waals surface area contributed by atoms with E-state index < -0.39 is 5.54 Å². The van der Waals surface area contributed by atoms with Crippen molar-refractivity contribution in [2.24, 2.45) is 5.73 Å². The van der Waals surface area contributed by atoms with Crippen LogP contribution in [0.5, 0.6) is 5.75 Å². The van der Waals surface area contributed by atoms with Gasteiger partial charge in [0.05, 0.1) is 6.61 Å². The Morgan fingerprint density at radius 3 is 2.56 bits per heavy atom. The van der Waals surface area contributed by atoms with Crippen LogP contribution in [0, 0.1) is 6.92 Å². The van der Waals surface area contributed by atoms with Crippen LogP contribution in [0.3, 0.4) is 0 Å². The lowest BCUT2D eigenvalue weighted by Crippen LogP contribution is -2.48. The first-order valence-electron chi connectivity index (χ1n) is 8.29. The molecule has 3 N–H and O–H groups in total. The van der Waals surface area contributed by atoms with Crippen LogP contribution in [-0.2, 0) is 21.6 Å². The summed E-state index contributed by atoms with van der Waals surface area (Å²) in [4.78, 5) is 12.6. The molecule has 0 aliphatic rings. The monoisotopic (exact) mass is 342 g/mol. The van der Waals surface area contributed by atoms with Crippen molar-refractivity contribution in [2.75, 3.05) is 20.3 Å². The smallest absolute Gasteiger partial charge is 0.244 e. The zero-order chi connectivity index (χ0) is 18.3. The van der Waals surface area contributed by atoms with Gasteiger partial charge in [-0.1, -0.05) is 42.5 Å². The van der Waals surface area contributed by atoms with Crippen molar-refractivity contribution in [3.63, 3.8) is 0 Å². The molecule has 0 saturated carbocycles. The van der Waals surface area contributed by atoms with E-state index in [0.717, 1.165) is 22.4 Å². The Kier molecular flexibility index (Phi) is 6.56. The summed E-state index contributed by atoms with van der Waals surface area (Å²) in [6.45, 7) is 5.02. The minimum absolute atomic E-state index is 0.234. The molecular formula is C20H26N2O3. The number of rotatable bonds is 8. The largest absolute Gasteiger partial charge is 0.491 e. The van der Waals surface area contributed by atoms with E-state index in [1.807, 2.05) is 55.5 Å². The van der Waals surface area contributed by atoms with Crippen LogP contribution in [0.1, 0.15) is 23.6 Å². The van der Waals surface area contributed by atoms with Crippen molar-refractivity contribution >= 4 is 5.91 Å². The normalized spacial score (nSPS) is 13.1. The number of hydrogen-bond donors (Lipinski definition) is 2. The molecule has 5 nitrogen and oxygen atoms in total. The Morgan fingerprint density at radius 2 is 1.88 bits per heavy atom. The van der Waals surface area contributed by atoms with E-state index >= 15 is 0 Å². The van der Waals surface area contributed by atoms with Gasteiger partial charge in [0.1, 0.15) is 17.9 Å². The minimum Gasteiger partial charge on any atom is -0.491 e. The van der Waals surface area contributed by atoms with Crippen LogP contribution in [-0.4, -0.2) is 26.2 Å². The minimum atomic E-state index is -1.09. The lowest BCUT2D eigenvalue weighted by Gasteiger charge is -2.24. The predicted molar refractivity (Wildman–Crippen MR) is 98.4 cm³/mol. The summed E-state index contributed by atoms with van der Waals surface area (Å²) in [6, 6.07) is 15.2. The number of benzene rings is 2. The zero-order valence-electron chi connectivity index (χ0n) is 15.0. The molecule has 0 spiro atoms. The average Bonchev–Trinajstić information content (AvgIpc) is 2.61. The van der Waals surface area contributed by atoms with Crippen LogP contribution >= 0.6 is 0 Å². The second-order valence-corrected chi connectivity index (χ2v) is 6.20. The Labute approximate surface area is 149 Å². The third kappa shape index (κ3) is 5.05. The fraction of sp³-hybridized carbons (Fsp3) is 0.350. The number of methoxy groups -OCH3 is 1. The first-order chi connectivity index (χ1) is 11.9. The molecule has 0 aromatic heterocycles. The first kappa shape index (κ1) is 19.0. The second-order valence-electron chi connectivity index (χ2n) is 6.20. The zero-order valence-corrected chi connectivity index (χ0v) is 15.0. The van der Waals surface area contributed by atoms with Gasteiger partial charge in [0.25, 0.3) is 0 Å². The van der Waals surface area contributed by atoms with Gasteiger partial charge in [0.15, 0.2) is 0 Å². The summed E-state index contributed by atoms with van der Waals surface area (Å²) >= 11 is 0. The lowest BCUT2D eigenvalue weighted by atomic mass is 9.92. The number of nitrogens with two attached hydrogens (primary N) is 1. The van der Waals surface area contributed by atoms with Gasteiger partial charge in [0.2, 0.25) is 5.91 Å². The van der Waals surface area contributed by atoms with Crippen LogP contribution in [0.4, 0.5) is 0 Å². The number of amides is 1. The Hall–Kier alpha value is -2.37. The standard InChI is InChI=1S/C20H26N2O3/c1-15-9-10-16(18(13-15)25-12-11-24-3)14-22-19(23)20(2,21)17-7-5-4-6-8-17/h4-10,13H,11-12,14,21H2,1-3H3,(H,22,23). The van der Waals surface area contributed by atoms with Gasteiger partial charge >= 0.3 is 0 Å². The van der Waals surface area contributed by atoms with Crippen molar-refractivity contribution in [3.05, 3.63) is 65.2 Å². The maximum Gasteiger partial charge on any atom is 0.244 e. The Bertz CT molecular complexity index is 699. The SMILES string of the molecule is COCCOc1cc(C)ccc1CNC(=O)C(C)(N)c1ccccc1. The number of ether oxygens (including phenoxy) is 2. The highest BCUT2D eigenvalue weighted by molar-refractivity contribution is 5.87. The molecule has 134 valence electrons. The van der Waals surface area contributed by atoms with Gasteiger partial charge in [-0.3, -0.25) is 4.79 Å². The molecule has 2 aromatic rings. The molecule has 0 heterocycles. The molecule has 2 rings (SSSR count). The fourth-order valence-corrected chi connectivity index (χ4v) is 2.45. The molecule has 0 fully saturated rings. The van der Waals surface area contributed by atoms with Crippen LogP contribution in [0.15, 0.2) is 48.5 Å². The summed E-state index contributed by atoms with van der Waals surface area (Å²) < 4.78 is 10.8. The summed E-state index contributed by atoms with van der Waals surface area (Å²) in [5.74, 6) is 0.512. The highest BCUT2D eigenvalue weighted by Gasteiger charge is 2.30. The molecular weight excluding hydrogens is 316 g/mol. The summed E-state index contributed by atoms with van der Waals surface area (Å²) in [6.07, 6.45) is 0. The topological polar surface area (TPSA) is 73.6 Å². The molecule has 25 heavy (non-hydrogen) atoms. The first-order valence-corrected chi connectivity index (χ1v) is 8.29. The number of aryl methyl sites for hydroxylation is 1. The van der Waals surface area contributed by atoms with Crippen molar-refractivity contribution in [2.45, 2.75) is 25.9 Å². The molecule has 1 atom stereocenters. The molecule has 0 saturated heterocycles. The van der Waals surface area contributed by atoms with Gasteiger partial charge < -0.3 is 20.5 Å². The van der Waals surface area contributed by atoms with E-state index in [-0.39, 0.29) is 5.91 Å². The van der Waals surface area contributed by atoms with E-state index in [1.165, 1.54) is 0 Å². The fourth-order valence-electron chi connectivity index (χ4n) is 2.45. The highest BCUT2D eigenvalue weighted by atomic mass is 16.5. The maximum atomic E-state index is 12.6. The molecule has 1 amide bonds. The number of carbonyl (C=O) groups is 1. The van der Waals surface area contributed by atoms with Gasteiger partial charge in [-0.25, -0.2) is 0 Å². The van der Waals surface area contributed by atoms with Gasteiger partial charge in [-0.15, -0.1) is 0 Å². The lowest BCUT2D eigenvalue weighted by molar-refractivity contribution is -0.126. The number of carbonyl (C=O) groups excluding carboxylic acids is 1. The van der Waals surface area contributed by atoms with Crippen LogP contribution in [0.25, 0.3) is 0 Å². The molecule has 5 heteroatoms. The van der Waals surface area contributed by atoms with Gasteiger partial charge in [-0.05, 0) is 31.0 Å². The number of hydrogen-bond acceptors (Lipinski definition) is 4. The maximum absolute atomic E-state index is 12.6. The number of nitrogens with one attached hydrogen (secondary N) is 1. The van der Waals surface area contributed by atoms with Crippen molar-refractivity contribution < 1.29 is 14.3 Å². The van der Waals surface area contributed by atoms with Crippen molar-refractivity contribution in [1.82, 2.24) is 5.32 Å². The third-order valence-corrected chi connectivity index (χ3v) is 4.05. The van der Waals surface area contributed by atoms with Crippen molar-refractivity contribution in [3.8, 4) is 5.75 Å². The van der Waals surface area contributed by atoms with Crippen molar-refractivity contribution in [1.29, 1.82) is 0 Å². The Balaban J connectivity index is 2.06. The van der Waals surface area contributed by atoms with Crippen LogP contribution in [0.2, 0.25) is 0 Å². The van der Waals surface area contributed by atoms with Gasteiger partial charge in [0, 0.05) is 19.2 Å². The average molecular weight is 342 g/mol. The van der Waals surface area contributed by atoms with E-state index in [0.29, 0.717) is 19.8 Å².